The van der Waals surface area contributed by atoms with Crippen molar-refractivity contribution in [1.82, 2.24) is 9.55 Å². The van der Waals surface area contributed by atoms with E-state index in [1.807, 2.05) is 24.4 Å². The van der Waals surface area contributed by atoms with E-state index in [9.17, 15) is 0 Å². The molecule has 0 atom stereocenters. The third kappa shape index (κ3) is 1.16. The molecular formula is C12H10N2O. The maximum Gasteiger partial charge on any atom is 0.214 e. The normalized spacial score (nSPS) is 13.8. The molecule has 0 spiro atoms. The number of ether oxygens (including phenoxy) is 1. The quantitative estimate of drug-likeness (QED) is 0.741. The van der Waals surface area contributed by atoms with E-state index in [1.54, 1.807) is 7.11 Å². The molecule has 0 bridgehead atoms. The molecule has 2 aromatic heterocycles. The van der Waals surface area contributed by atoms with Gasteiger partial charge in [-0.2, -0.15) is 4.98 Å². The van der Waals surface area contributed by atoms with Crippen molar-refractivity contribution in [2.24, 2.45) is 0 Å². The Morgan fingerprint density at radius 1 is 1.27 bits per heavy atom. The molecule has 0 amide bonds. The van der Waals surface area contributed by atoms with E-state index in [0.29, 0.717) is 5.88 Å². The number of methoxy groups -OCH3 is 1. The molecule has 3 nitrogen and oxygen atoms in total. The second-order valence-electron chi connectivity index (χ2n) is 3.40. The molecule has 0 saturated heterocycles. The minimum absolute atomic E-state index is 0.645. The molecular weight excluding hydrogens is 188 g/mol. The van der Waals surface area contributed by atoms with Crippen LogP contribution in [0.5, 0.6) is 5.88 Å². The first-order chi connectivity index (χ1) is 7.38. The Balaban J connectivity index is 2.22. The summed E-state index contributed by atoms with van der Waals surface area (Å²) < 4.78 is 7.17. The Bertz CT molecular complexity index is 578. The van der Waals surface area contributed by atoms with Crippen LogP contribution in [0.3, 0.4) is 0 Å². The topological polar surface area (TPSA) is 27.1 Å². The smallest absolute Gasteiger partial charge is 0.214 e. The standard InChI is InChI=1S/C12H10N2O/c1-15-11-6-5-9-7-8-14(12(9)13-11)10-3-2-4-10/h2-8H,1H3. The number of fused-ring (bicyclic) bond motifs is 1. The molecule has 0 unspecified atom stereocenters. The fourth-order valence-electron chi connectivity index (χ4n) is 1.66. The number of hydrogen-bond acceptors (Lipinski definition) is 2. The predicted molar refractivity (Wildman–Crippen MR) is 59.7 cm³/mol. The highest BCUT2D eigenvalue weighted by Crippen LogP contribution is 2.23. The summed E-state index contributed by atoms with van der Waals surface area (Å²) >= 11 is 0. The molecule has 0 radical (unpaired) electrons. The van der Waals surface area contributed by atoms with Crippen molar-refractivity contribution in [2.45, 2.75) is 0 Å². The molecule has 0 aliphatic heterocycles. The minimum atomic E-state index is 0.645. The molecule has 2 aromatic rings. The van der Waals surface area contributed by atoms with Crippen molar-refractivity contribution in [3.63, 3.8) is 0 Å². The van der Waals surface area contributed by atoms with E-state index >= 15 is 0 Å². The highest BCUT2D eigenvalue weighted by Gasteiger charge is 2.08. The molecule has 1 aliphatic carbocycles. The molecule has 0 aromatic carbocycles. The third-order valence-corrected chi connectivity index (χ3v) is 2.53. The van der Waals surface area contributed by atoms with Crippen molar-refractivity contribution in [3.8, 4) is 5.88 Å². The Morgan fingerprint density at radius 3 is 2.80 bits per heavy atom. The van der Waals surface area contributed by atoms with Crippen LogP contribution < -0.4 is 4.74 Å². The fraction of sp³-hybridized carbons (Fsp3) is 0.0833. The highest BCUT2D eigenvalue weighted by molar-refractivity contribution is 5.83. The average Bonchev–Trinajstić information content (AvgIpc) is 2.59. The van der Waals surface area contributed by atoms with E-state index in [0.717, 1.165) is 16.7 Å². The molecule has 2 heterocycles. The van der Waals surface area contributed by atoms with E-state index in [1.165, 1.54) is 0 Å². The number of aromatic nitrogens is 2. The van der Waals surface area contributed by atoms with Crippen LogP contribution in [0.15, 0.2) is 42.6 Å². The zero-order chi connectivity index (χ0) is 10.3. The van der Waals surface area contributed by atoms with E-state index in [2.05, 4.69) is 27.8 Å². The summed E-state index contributed by atoms with van der Waals surface area (Å²) in [5.74, 6) is 0.645. The predicted octanol–water partition coefficient (Wildman–Crippen LogP) is 2.46. The number of pyridine rings is 1. The zero-order valence-electron chi connectivity index (χ0n) is 8.34. The lowest BCUT2D eigenvalue weighted by atomic mass is 10.2. The van der Waals surface area contributed by atoms with E-state index < -0.39 is 0 Å². The lowest BCUT2D eigenvalue weighted by molar-refractivity contribution is 0.399. The number of nitrogens with zero attached hydrogens (tertiary/aromatic N) is 2. The molecule has 15 heavy (non-hydrogen) atoms. The summed E-state index contributed by atoms with van der Waals surface area (Å²) in [4.78, 5) is 4.42. The monoisotopic (exact) mass is 198 g/mol. The summed E-state index contributed by atoms with van der Waals surface area (Å²) in [7, 11) is 1.63. The highest BCUT2D eigenvalue weighted by atomic mass is 16.5. The summed E-state index contributed by atoms with van der Waals surface area (Å²) in [6, 6.07) is 5.94. The maximum atomic E-state index is 5.12. The van der Waals surface area contributed by atoms with Crippen molar-refractivity contribution >= 4 is 16.7 Å². The van der Waals surface area contributed by atoms with Gasteiger partial charge in [0.05, 0.1) is 7.11 Å². The maximum absolute atomic E-state index is 5.12. The first-order valence-electron chi connectivity index (χ1n) is 4.79. The molecule has 0 fully saturated rings. The van der Waals surface area contributed by atoms with Crippen molar-refractivity contribution in [3.05, 3.63) is 42.6 Å². The van der Waals surface area contributed by atoms with Crippen LogP contribution in [-0.2, 0) is 0 Å². The first kappa shape index (κ1) is 8.29. The first-order valence-corrected chi connectivity index (χ1v) is 4.79. The Labute approximate surface area is 87.3 Å². The van der Waals surface area contributed by atoms with Crippen LogP contribution in [-0.4, -0.2) is 16.7 Å². The van der Waals surface area contributed by atoms with E-state index in [4.69, 9.17) is 4.74 Å². The number of hydrogen-bond donors (Lipinski definition) is 0. The lowest BCUT2D eigenvalue weighted by Crippen LogP contribution is -1.98. The van der Waals surface area contributed by atoms with Crippen molar-refractivity contribution in [1.29, 1.82) is 0 Å². The average molecular weight is 198 g/mol. The van der Waals surface area contributed by atoms with Gasteiger partial charge in [-0.1, -0.05) is 6.08 Å². The summed E-state index contributed by atoms with van der Waals surface area (Å²) in [5, 5.41) is 1.12. The van der Waals surface area contributed by atoms with Gasteiger partial charge in [-0.25, -0.2) is 0 Å². The molecule has 3 rings (SSSR count). The van der Waals surface area contributed by atoms with Crippen LogP contribution in [0, 0.1) is 0 Å². The molecule has 1 aliphatic rings. The SMILES string of the molecule is COc1ccc2ccn(C3=CC=C3)c2n1. The van der Waals surface area contributed by atoms with Crippen LogP contribution in [0.4, 0.5) is 0 Å². The van der Waals surface area contributed by atoms with E-state index in [-0.39, 0.29) is 0 Å². The second kappa shape index (κ2) is 2.98. The number of allylic oxidation sites excluding steroid dienone is 4. The van der Waals surface area contributed by atoms with Gasteiger partial charge in [0.1, 0.15) is 5.65 Å². The molecule has 0 N–H and O–H groups in total. The van der Waals surface area contributed by atoms with Gasteiger partial charge in [-0.15, -0.1) is 0 Å². The van der Waals surface area contributed by atoms with Crippen LogP contribution in [0.1, 0.15) is 0 Å². The lowest BCUT2D eigenvalue weighted by Gasteiger charge is -2.10. The second-order valence-corrected chi connectivity index (χ2v) is 3.40. The largest absolute Gasteiger partial charge is 0.481 e. The molecule has 74 valence electrons. The molecule has 3 heteroatoms. The van der Waals surface area contributed by atoms with Gasteiger partial charge in [0.25, 0.3) is 0 Å². The number of rotatable bonds is 2. The van der Waals surface area contributed by atoms with Crippen molar-refractivity contribution in [2.75, 3.05) is 7.11 Å². The van der Waals surface area contributed by atoms with Gasteiger partial charge in [0.15, 0.2) is 0 Å². The Kier molecular flexibility index (Phi) is 1.65. The summed E-state index contributed by atoms with van der Waals surface area (Å²) in [6.45, 7) is 0. The zero-order valence-corrected chi connectivity index (χ0v) is 8.34. The Morgan fingerprint density at radius 2 is 2.13 bits per heavy atom. The fourth-order valence-corrected chi connectivity index (χ4v) is 1.66. The minimum Gasteiger partial charge on any atom is -0.481 e. The third-order valence-electron chi connectivity index (χ3n) is 2.53. The van der Waals surface area contributed by atoms with Gasteiger partial charge in [-0.05, 0) is 24.3 Å². The van der Waals surface area contributed by atoms with Gasteiger partial charge in [-0.3, -0.25) is 0 Å². The van der Waals surface area contributed by atoms with Gasteiger partial charge in [0, 0.05) is 23.3 Å². The van der Waals surface area contributed by atoms with Crippen molar-refractivity contribution < 1.29 is 4.74 Å². The Hall–Kier alpha value is -2.03. The van der Waals surface area contributed by atoms with Crippen LogP contribution in [0.25, 0.3) is 16.7 Å². The van der Waals surface area contributed by atoms with Gasteiger partial charge < -0.3 is 9.30 Å². The van der Waals surface area contributed by atoms with Crippen LogP contribution >= 0.6 is 0 Å². The summed E-state index contributed by atoms with van der Waals surface area (Å²) in [5.41, 5.74) is 2.09. The summed E-state index contributed by atoms with van der Waals surface area (Å²) in [6.07, 6.45) is 8.15. The van der Waals surface area contributed by atoms with Gasteiger partial charge in [0.2, 0.25) is 5.88 Å². The van der Waals surface area contributed by atoms with Gasteiger partial charge >= 0.3 is 0 Å². The van der Waals surface area contributed by atoms with Crippen LogP contribution in [0.2, 0.25) is 0 Å². The molecule has 0 saturated carbocycles.